The van der Waals surface area contributed by atoms with E-state index in [1.807, 2.05) is 66.1 Å². The third-order valence-electron chi connectivity index (χ3n) is 5.80. The Morgan fingerprint density at radius 1 is 0.778 bits per heavy atom. The van der Waals surface area contributed by atoms with Gasteiger partial charge in [-0.3, -0.25) is 4.57 Å². The molecule has 8 heteroatoms. The maximum absolute atomic E-state index is 5.73. The molecule has 0 spiro atoms. The van der Waals surface area contributed by atoms with Gasteiger partial charge < -0.3 is 14.2 Å². The van der Waals surface area contributed by atoms with Crippen LogP contribution < -0.4 is 14.2 Å². The number of aromatic nitrogens is 5. The summed E-state index contributed by atoms with van der Waals surface area (Å²) in [5, 5.41) is 0. The zero-order valence-electron chi connectivity index (χ0n) is 20.5. The summed E-state index contributed by atoms with van der Waals surface area (Å²) in [5.74, 6) is 2.32. The summed E-state index contributed by atoms with van der Waals surface area (Å²) in [7, 11) is 3.25. The zero-order chi connectivity index (χ0) is 24.9. The minimum Gasteiger partial charge on any atom is -0.494 e. The first kappa shape index (κ1) is 23.3. The number of nitrogens with zero attached hydrogens (tertiary/aromatic N) is 5. The smallest absolute Gasteiger partial charge is 0.213 e. The Morgan fingerprint density at radius 2 is 1.53 bits per heavy atom. The average molecular weight is 482 g/mol. The van der Waals surface area contributed by atoms with Crippen molar-refractivity contribution in [1.29, 1.82) is 0 Å². The predicted octanol–water partition coefficient (Wildman–Crippen LogP) is 5.08. The molecule has 8 nitrogen and oxygen atoms in total. The molecule has 0 saturated carbocycles. The number of para-hydroxylation sites is 1. The fourth-order valence-electron chi connectivity index (χ4n) is 4.13. The first-order valence-corrected chi connectivity index (χ1v) is 11.8. The Balaban J connectivity index is 1.70. The van der Waals surface area contributed by atoms with Gasteiger partial charge in [0.2, 0.25) is 5.88 Å². The van der Waals surface area contributed by atoms with E-state index < -0.39 is 0 Å². The Kier molecular flexibility index (Phi) is 6.75. The summed E-state index contributed by atoms with van der Waals surface area (Å²) in [6.45, 7) is 2.44. The molecule has 0 bridgehead atoms. The largest absolute Gasteiger partial charge is 0.494 e. The van der Waals surface area contributed by atoms with Gasteiger partial charge in [-0.25, -0.2) is 19.9 Å². The molecule has 3 aromatic heterocycles. The van der Waals surface area contributed by atoms with Crippen LogP contribution in [0.1, 0.15) is 18.2 Å². The van der Waals surface area contributed by atoms with Gasteiger partial charge in [-0.05, 0) is 43.5 Å². The molecule has 0 radical (unpaired) electrons. The molecule has 0 aliphatic heterocycles. The molecule has 0 fully saturated rings. The highest BCUT2D eigenvalue weighted by molar-refractivity contribution is 5.79. The molecule has 182 valence electrons. The minimum atomic E-state index is 0.505. The topological polar surface area (TPSA) is 84.2 Å². The third kappa shape index (κ3) is 4.57. The molecule has 2 aromatic carbocycles. The van der Waals surface area contributed by atoms with Crippen LogP contribution in [-0.4, -0.2) is 45.3 Å². The number of benzene rings is 2. The molecule has 0 aliphatic carbocycles. The molecule has 0 unspecified atom stereocenters. The number of ether oxygens (including phenoxy) is 3. The lowest BCUT2D eigenvalue weighted by Gasteiger charge is -2.16. The number of hydrogen-bond donors (Lipinski definition) is 0. The van der Waals surface area contributed by atoms with Crippen LogP contribution in [0.5, 0.6) is 17.4 Å². The SMILES string of the molecule is CCOc1cccc(-c2nc3ncc(CCc4ccccc4)nc3n2-c2c(OC)cccc2OC)n1. The standard InChI is InChI=1S/C28H27N5O3/c1-4-36-24-15-8-12-21(31-24)27-32-26-28(33(27)25-22(34-2)13-9-14-23(25)35-3)30-20(18-29-26)17-16-19-10-6-5-7-11-19/h5-15,18H,4,16-17H2,1-3H3. The third-order valence-corrected chi connectivity index (χ3v) is 5.80. The van der Waals surface area contributed by atoms with Gasteiger partial charge in [0.05, 0.1) is 32.7 Å². The first-order chi connectivity index (χ1) is 17.7. The Labute approximate surface area is 209 Å². The van der Waals surface area contributed by atoms with Gasteiger partial charge >= 0.3 is 0 Å². The van der Waals surface area contributed by atoms with E-state index in [9.17, 15) is 0 Å². The van der Waals surface area contributed by atoms with Crippen molar-refractivity contribution in [3.05, 3.63) is 84.2 Å². The first-order valence-electron chi connectivity index (χ1n) is 11.8. The highest BCUT2D eigenvalue weighted by Crippen LogP contribution is 2.37. The number of fused-ring (bicyclic) bond motifs is 1. The van der Waals surface area contributed by atoms with Crippen LogP contribution in [0.25, 0.3) is 28.5 Å². The highest BCUT2D eigenvalue weighted by atomic mass is 16.5. The number of imidazole rings is 1. The van der Waals surface area contributed by atoms with Crippen molar-refractivity contribution in [3.63, 3.8) is 0 Å². The predicted molar refractivity (Wildman–Crippen MR) is 138 cm³/mol. The average Bonchev–Trinajstić information content (AvgIpc) is 3.30. The van der Waals surface area contributed by atoms with Crippen molar-refractivity contribution >= 4 is 11.3 Å². The van der Waals surface area contributed by atoms with Gasteiger partial charge in [-0.1, -0.05) is 42.5 Å². The van der Waals surface area contributed by atoms with Crippen molar-refractivity contribution in [2.45, 2.75) is 19.8 Å². The number of hydrogen-bond acceptors (Lipinski definition) is 7. The van der Waals surface area contributed by atoms with E-state index in [0.717, 1.165) is 18.5 Å². The highest BCUT2D eigenvalue weighted by Gasteiger charge is 2.23. The number of rotatable bonds is 9. The van der Waals surface area contributed by atoms with Crippen molar-refractivity contribution in [3.8, 4) is 34.6 Å². The lowest BCUT2D eigenvalue weighted by molar-refractivity contribution is 0.327. The van der Waals surface area contributed by atoms with Gasteiger partial charge in [-0.2, -0.15) is 0 Å². The molecule has 36 heavy (non-hydrogen) atoms. The Hall–Kier alpha value is -4.46. The molecule has 3 heterocycles. The number of aryl methyl sites for hydroxylation is 2. The van der Waals surface area contributed by atoms with Crippen LogP contribution in [0.3, 0.4) is 0 Å². The second-order valence-electron chi connectivity index (χ2n) is 8.07. The second kappa shape index (κ2) is 10.4. The van der Waals surface area contributed by atoms with Gasteiger partial charge in [0.1, 0.15) is 22.9 Å². The Bertz CT molecular complexity index is 1460. The van der Waals surface area contributed by atoms with Gasteiger partial charge in [0.25, 0.3) is 0 Å². The molecule has 0 atom stereocenters. The molecular weight excluding hydrogens is 454 g/mol. The summed E-state index contributed by atoms with van der Waals surface area (Å²) in [5.41, 5.74) is 4.52. The summed E-state index contributed by atoms with van der Waals surface area (Å²) in [6, 6.07) is 21.6. The fraction of sp³-hybridized carbons (Fsp3) is 0.214. The summed E-state index contributed by atoms with van der Waals surface area (Å²) >= 11 is 0. The normalized spacial score (nSPS) is 11.0. The maximum Gasteiger partial charge on any atom is 0.213 e. The summed E-state index contributed by atoms with van der Waals surface area (Å²) in [4.78, 5) is 19.2. The van der Waals surface area contributed by atoms with Crippen LogP contribution >= 0.6 is 0 Å². The summed E-state index contributed by atoms with van der Waals surface area (Å²) < 4.78 is 19.0. The van der Waals surface area contributed by atoms with Crippen LogP contribution in [0.4, 0.5) is 0 Å². The summed E-state index contributed by atoms with van der Waals surface area (Å²) in [6.07, 6.45) is 3.39. The zero-order valence-corrected chi connectivity index (χ0v) is 20.5. The van der Waals surface area contributed by atoms with E-state index in [-0.39, 0.29) is 0 Å². The molecule has 5 rings (SSSR count). The van der Waals surface area contributed by atoms with E-state index >= 15 is 0 Å². The minimum absolute atomic E-state index is 0.505. The maximum atomic E-state index is 5.73. The molecule has 0 amide bonds. The van der Waals surface area contributed by atoms with Crippen LogP contribution in [0.2, 0.25) is 0 Å². The van der Waals surface area contributed by atoms with E-state index in [2.05, 4.69) is 22.1 Å². The van der Waals surface area contributed by atoms with E-state index in [0.29, 0.717) is 52.5 Å². The van der Waals surface area contributed by atoms with Crippen LogP contribution in [0.15, 0.2) is 72.9 Å². The van der Waals surface area contributed by atoms with Crippen molar-refractivity contribution in [2.75, 3.05) is 20.8 Å². The van der Waals surface area contributed by atoms with Crippen molar-refractivity contribution in [2.24, 2.45) is 0 Å². The van der Waals surface area contributed by atoms with E-state index in [1.165, 1.54) is 5.56 Å². The molecule has 5 aromatic rings. The van der Waals surface area contributed by atoms with Gasteiger partial charge in [-0.15, -0.1) is 0 Å². The lowest BCUT2D eigenvalue weighted by Crippen LogP contribution is -2.06. The van der Waals surface area contributed by atoms with E-state index in [1.54, 1.807) is 20.4 Å². The van der Waals surface area contributed by atoms with Crippen molar-refractivity contribution < 1.29 is 14.2 Å². The van der Waals surface area contributed by atoms with Crippen LogP contribution in [0, 0.1) is 0 Å². The van der Waals surface area contributed by atoms with Gasteiger partial charge in [0.15, 0.2) is 17.1 Å². The Morgan fingerprint density at radius 3 is 2.25 bits per heavy atom. The number of methoxy groups -OCH3 is 2. The van der Waals surface area contributed by atoms with E-state index in [4.69, 9.17) is 24.2 Å². The van der Waals surface area contributed by atoms with Crippen molar-refractivity contribution in [1.82, 2.24) is 24.5 Å². The molecule has 0 saturated heterocycles. The monoisotopic (exact) mass is 481 g/mol. The van der Waals surface area contributed by atoms with Gasteiger partial charge in [0, 0.05) is 6.07 Å². The molecule has 0 aliphatic rings. The molecule has 0 N–H and O–H groups in total. The number of pyridine rings is 1. The fourth-order valence-corrected chi connectivity index (χ4v) is 4.13. The molecular formula is C28H27N5O3. The lowest BCUT2D eigenvalue weighted by atomic mass is 10.1. The quantitative estimate of drug-likeness (QED) is 0.290. The van der Waals surface area contributed by atoms with Crippen LogP contribution in [-0.2, 0) is 12.8 Å². The second-order valence-corrected chi connectivity index (χ2v) is 8.07.